The molecule has 0 atom stereocenters. The van der Waals surface area contributed by atoms with Gasteiger partial charge in [-0.05, 0) is 51.1 Å². The SMILES string of the molecule is CCn1cc(C=C2Oc3cc(OCC=C(C)C)ccc3C2=O)c2ccccc21. The molecule has 0 saturated carbocycles. The van der Waals surface area contributed by atoms with E-state index >= 15 is 0 Å². The van der Waals surface area contributed by atoms with Gasteiger partial charge in [0, 0.05) is 35.3 Å². The zero-order chi connectivity index (χ0) is 19.7. The van der Waals surface area contributed by atoms with Crippen LogP contribution in [0.2, 0.25) is 0 Å². The van der Waals surface area contributed by atoms with Gasteiger partial charge in [-0.3, -0.25) is 4.79 Å². The highest BCUT2D eigenvalue weighted by Crippen LogP contribution is 2.35. The lowest BCUT2D eigenvalue weighted by molar-refractivity contribution is 0.101. The first-order valence-corrected chi connectivity index (χ1v) is 9.49. The van der Waals surface area contributed by atoms with E-state index in [9.17, 15) is 4.79 Å². The molecule has 2 aromatic carbocycles. The quantitative estimate of drug-likeness (QED) is 0.430. The first kappa shape index (κ1) is 18.1. The highest BCUT2D eigenvalue weighted by atomic mass is 16.5. The van der Waals surface area contributed by atoms with Crippen LogP contribution < -0.4 is 9.47 Å². The molecule has 0 unspecified atom stereocenters. The Balaban J connectivity index is 1.63. The third-order valence-corrected chi connectivity index (χ3v) is 4.83. The van der Waals surface area contributed by atoms with E-state index in [1.54, 1.807) is 12.1 Å². The molecule has 0 fully saturated rings. The lowest BCUT2D eigenvalue weighted by Gasteiger charge is -2.05. The molecule has 0 saturated heterocycles. The van der Waals surface area contributed by atoms with Gasteiger partial charge < -0.3 is 14.0 Å². The van der Waals surface area contributed by atoms with E-state index in [2.05, 4.69) is 29.8 Å². The fraction of sp³-hybridized carbons (Fsp3) is 0.208. The number of rotatable bonds is 5. The third kappa shape index (κ3) is 3.33. The molecule has 0 radical (unpaired) electrons. The number of carbonyl (C=O) groups excluding carboxylic acids is 1. The number of para-hydroxylation sites is 1. The number of aromatic nitrogens is 1. The van der Waals surface area contributed by atoms with Gasteiger partial charge in [-0.2, -0.15) is 0 Å². The number of carbonyl (C=O) groups is 1. The van der Waals surface area contributed by atoms with E-state index in [1.165, 1.54) is 5.57 Å². The standard InChI is InChI=1S/C24H23NO3/c1-4-25-15-17(19-7-5-6-8-21(19)25)13-23-24(26)20-10-9-18(14-22(20)28-23)27-12-11-16(2)3/h5-11,13-15H,4,12H2,1-3H3. The van der Waals surface area contributed by atoms with E-state index in [-0.39, 0.29) is 5.78 Å². The largest absolute Gasteiger partial charge is 0.489 e. The minimum atomic E-state index is -0.0980. The van der Waals surface area contributed by atoms with E-state index in [0.717, 1.165) is 23.0 Å². The van der Waals surface area contributed by atoms with Crippen LogP contribution in [-0.4, -0.2) is 17.0 Å². The maximum Gasteiger partial charge on any atom is 0.231 e. The highest BCUT2D eigenvalue weighted by Gasteiger charge is 2.28. The normalized spacial score (nSPS) is 14.2. The third-order valence-electron chi connectivity index (χ3n) is 4.83. The predicted octanol–water partition coefficient (Wildman–Crippen LogP) is 5.62. The van der Waals surface area contributed by atoms with Gasteiger partial charge in [0.05, 0.1) is 5.56 Å². The molecular weight excluding hydrogens is 350 g/mol. The Morgan fingerprint density at radius 1 is 1.18 bits per heavy atom. The monoisotopic (exact) mass is 373 g/mol. The van der Waals surface area contributed by atoms with Crippen molar-refractivity contribution in [3.8, 4) is 11.5 Å². The smallest absolute Gasteiger partial charge is 0.231 e. The van der Waals surface area contributed by atoms with Crippen molar-refractivity contribution < 1.29 is 14.3 Å². The highest BCUT2D eigenvalue weighted by molar-refractivity contribution is 6.15. The number of allylic oxidation sites excluding steroid dienone is 2. The number of ketones is 1. The molecule has 2 heterocycles. The first-order chi connectivity index (χ1) is 13.6. The molecule has 0 N–H and O–H groups in total. The number of ether oxygens (including phenoxy) is 2. The molecular formula is C24H23NO3. The minimum Gasteiger partial charge on any atom is -0.489 e. The van der Waals surface area contributed by atoms with E-state index in [4.69, 9.17) is 9.47 Å². The Morgan fingerprint density at radius 3 is 2.79 bits per heavy atom. The predicted molar refractivity (Wildman–Crippen MR) is 112 cm³/mol. The molecule has 0 aliphatic carbocycles. The average molecular weight is 373 g/mol. The van der Waals surface area contributed by atoms with Crippen LogP contribution in [0.25, 0.3) is 17.0 Å². The summed E-state index contributed by atoms with van der Waals surface area (Å²) in [6.07, 6.45) is 5.90. The second-order valence-electron chi connectivity index (χ2n) is 7.08. The number of Topliss-reactive ketones (excluding diaryl/α,β-unsaturated/α-hetero) is 1. The topological polar surface area (TPSA) is 40.5 Å². The van der Waals surface area contributed by atoms with Crippen LogP contribution in [0, 0.1) is 0 Å². The van der Waals surface area contributed by atoms with Crippen molar-refractivity contribution >= 4 is 22.8 Å². The molecule has 0 amide bonds. The molecule has 0 spiro atoms. The Bertz CT molecular complexity index is 1110. The van der Waals surface area contributed by atoms with Gasteiger partial charge in [0.1, 0.15) is 18.1 Å². The Labute approximate surface area is 164 Å². The fourth-order valence-electron chi connectivity index (χ4n) is 3.35. The van der Waals surface area contributed by atoms with Crippen molar-refractivity contribution in [2.45, 2.75) is 27.3 Å². The molecule has 4 rings (SSSR count). The van der Waals surface area contributed by atoms with Crippen molar-refractivity contribution in [1.82, 2.24) is 4.57 Å². The van der Waals surface area contributed by atoms with Crippen molar-refractivity contribution in [2.24, 2.45) is 0 Å². The van der Waals surface area contributed by atoms with E-state index in [1.807, 2.05) is 44.2 Å². The second-order valence-corrected chi connectivity index (χ2v) is 7.08. The zero-order valence-electron chi connectivity index (χ0n) is 16.4. The molecule has 0 bridgehead atoms. The van der Waals surface area contributed by atoms with Crippen molar-refractivity contribution in [2.75, 3.05) is 6.61 Å². The summed E-state index contributed by atoms with van der Waals surface area (Å²) in [7, 11) is 0. The number of fused-ring (bicyclic) bond motifs is 2. The first-order valence-electron chi connectivity index (χ1n) is 9.49. The number of nitrogens with zero attached hydrogens (tertiary/aromatic N) is 1. The number of hydrogen-bond donors (Lipinski definition) is 0. The van der Waals surface area contributed by atoms with Crippen LogP contribution in [0.4, 0.5) is 0 Å². The zero-order valence-corrected chi connectivity index (χ0v) is 16.4. The van der Waals surface area contributed by atoms with Gasteiger partial charge in [0.25, 0.3) is 0 Å². The van der Waals surface area contributed by atoms with Gasteiger partial charge in [-0.15, -0.1) is 0 Å². The summed E-state index contributed by atoms with van der Waals surface area (Å²) in [5, 5.41) is 1.11. The minimum absolute atomic E-state index is 0.0980. The van der Waals surface area contributed by atoms with Gasteiger partial charge in [0.15, 0.2) is 5.76 Å². The van der Waals surface area contributed by atoms with Crippen LogP contribution in [0.5, 0.6) is 11.5 Å². The summed E-state index contributed by atoms with van der Waals surface area (Å²) in [4.78, 5) is 12.8. The van der Waals surface area contributed by atoms with Crippen LogP contribution in [0.15, 0.2) is 66.1 Å². The average Bonchev–Trinajstić information content (AvgIpc) is 3.19. The van der Waals surface area contributed by atoms with Crippen LogP contribution in [0.3, 0.4) is 0 Å². The maximum absolute atomic E-state index is 12.8. The van der Waals surface area contributed by atoms with Crippen molar-refractivity contribution in [1.29, 1.82) is 0 Å². The molecule has 4 nitrogen and oxygen atoms in total. The number of benzene rings is 2. The fourth-order valence-corrected chi connectivity index (χ4v) is 3.35. The molecule has 4 heteroatoms. The van der Waals surface area contributed by atoms with Gasteiger partial charge >= 0.3 is 0 Å². The van der Waals surface area contributed by atoms with Gasteiger partial charge in [-0.1, -0.05) is 23.8 Å². The summed E-state index contributed by atoms with van der Waals surface area (Å²) in [6.45, 7) is 7.52. The van der Waals surface area contributed by atoms with Crippen LogP contribution in [0.1, 0.15) is 36.7 Å². The summed E-state index contributed by atoms with van der Waals surface area (Å²) in [6, 6.07) is 13.5. The Kier molecular flexibility index (Phi) is 4.78. The molecule has 3 aromatic rings. The van der Waals surface area contributed by atoms with E-state index < -0.39 is 0 Å². The molecule has 1 aliphatic heterocycles. The van der Waals surface area contributed by atoms with Crippen LogP contribution >= 0.6 is 0 Å². The summed E-state index contributed by atoms with van der Waals surface area (Å²) >= 11 is 0. The molecule has 1 aromatic heterocycles. The summed E-state index contributed by atoms with van der Waals surface area (Å²) < 4.78 is 13.8. The van der Waals surface area contributed by atoms with Gasteiger partial charge in [0.2, 0.25) is 5.78 Å². The van der Waals surface area contributed by atoms with Crippen LogP contribution in [-0.2, 0) is 6.54 Å². The lowest BCUT2D eigenvalue weighted by Crippen LogP contribution is -1.98. The van der Waals surface area contributed by atoms with Crippen molar-refractivity contribution in [3.05, 3.63) is 77.2 Å². The molecule has 28 heavy (non-hydrogen) atoms. The second kappa shape index (κ2) is 7.39. The van der Waals surface area contributed by atoms with Crippen molar-refractivity contribution in [3.63, 3.8) is 0 Å². The number of hydrogen-bond acceptors (Lipinski definition) is 3. The number of aryl methyl sites for hydroxylation is 1. The Morgan fingerprint density at radius 2 is 2.00 bits per heavy atom. The summed E-state index contributed by atoms with van der Waals surface area (Å²) in [5.41, 5.74) is 3.90. The Hall–Kier alpha value is -3.27. The van der Waals surface area contributed by atoms with Gasteiger partial charge in [-0.25, -0.2) is 0 Å². The maximum atomic E-state index is 12.8. The van der Waals surface area contributed by atoms with E-state index in [0.29, 0.717) is 29.4 Å². The molecule has 142 valence electrons. The summed E-state index contributed by atoms with van der Waals surface area (Å²) in [5.74, 6) is 1.48. The lowest BCUT2D eigenvalue weighted by atomic mass is 10.1. The molecule has 1 aliphatic rings.